The van der Waals surface area contributed by atoms with Crippen LogP contribution in [0, 0.1) is 0 Å². The zero-order valence-electron chi connectivity index (χ0n) is 35.9. The molecule has 1 aliphatic carbocycles. The van der Waals surface area contributed by atoms with Gasteiger partial charge >= 0.3 is 0 Å². The molecular formula is C60H41N5. The lowest BCUT2D eigenvalue weighted by atomic mass is 9.82. The lowest BCUT2D eigenvalue weighted by Crippen LogP contribution is -2.14. The average molecular weight is 832 g/mol. The number of rotatable bonds is 6. The van der Waals surface area contributed by atoms with E-state index in [1.165, 1.54) is 66.0 Å². The van der Waals surface area contributed by atoms with Gasteiger partial charge in [0.1, 0.15) is 0 Å². The highest BCUT2D eigenvalue weighted by Gasteiger charge is 2.35. The van der Waals surface area contributed by atoms with Crippen molar-refractivity contribution in [1.29, 1.82) is 0 Å². The van der Waals surface area contributed by atoms with Crippen LogP contribution < -0.4 is 0 Å². The monoisotopic (exact) mass is 831 g/mol. The minimum absolute atomic E-state index is 0.0986. The maximum Gasteiger partial charge on any atom is 0.166 e. The quantitative estimate of drug-likeness (QED) is 0.168. The van der Waals surface area contributed by atoms with Gasteiger partial charge in [0.15, 0.2) is 17.5 Å². The highest BCUT2D eigenvalue weighted by atomic mass is 15.1. The van der Waals surface area contributed by atoms with Crippen LogP contribution in [-0.4, -0.2) is 24.1 Å². The number of para-hydroxylation sites is 4. The predicted octanol–water partition coefficient (Wildman–Crippen LogP) is 15.0. The fraction of sp³-hybridized carbons (Fsp3) is 0.0500. The number of hydrogen-bond donors (Lipinski definition) is 0. The molecule has 65 heavy (non-hydrogen) atoms. The van der Waals surface area contributed by atoms with Crippen molar-refractivity contribution in [3.8, 4) is 67.8 Å². The highest BCUT2D eigenvalue weighted by molar-refractivity contribution is 6.22. The van der Waals surface area contributed by atoms with Crippen LogP contribution in [0.1, 0.15) is 25.0 Å². The molecule has 306 valence electrons. The van der Waals surface area contributed by atoms with Crippen molar-refractivity contribution in [2.24, 2.45) is 0 Å². The Kier molecular flexibility index (Phi) is 8.18. The van der Waals surface area contributed by atoms with E-state index >= 15 is 0 Å². The Balaban J connectivity index is 1.04. The molecule has 0 aliphatic heterocycles. The van der Waals surface area contributed by atoms with Gasteiger partial charge in [-0.2, -0.15) is 0 Å². The first-order chi connectivity index (χ1) is 32.0. The summed E-state index contributed by atoms with van der Waals surface area (Å²) in [5.74, 6) is 1.89. The van der Waals surface area contributed by atoms with E-state index in [1.54, 1.807) is 0 Å². The van der Waals surface area contributed by atoms with Gasteiger partial charge in [0, 0.05) is 49.3 Å². The maximum absolute atomic E-state index is 5.37. The maximum atomic E-state index is 5.37. The molecule has 9 aromatic carbocycles. The summed E-state index contributed by atoms with van der Waals surface area (Å²) in [6, 6.07) is 76.0. The summed E-state index contributed by atoms with van der Waals surface area (Å²) in [5, 5.41) is 4.84. The van der Waals surface area contributed by atoms with Gasteiger partial charge in [0.2, 0.25) is 0 Å². The van der Waals surface area contributed by atoms with Crippen LogP contribution in [0.5, 0.6) is 0 Å². The fourth-order valence-electron chi connectivity index (χ4n) is 10.7. The largest absolute Gasteiger partial charge is 0.309 e. The Morgan fingerprint density at radius 3 is 1.54 bits per heavy atom. The Bertz CT molecular complexity index is 3860. The van der Waals surface area contributed by atoms with Crippen LogP contribution >= 0.6 is 0 Å². The standard InChI is InChI=1S/C60H41N5/c1-60(2)48-29-13-9-23-41(48)47-37-39(35-36-49(47)60)58-61-57(38-19-5-3-6-20-38)62-59(63-58)46-26-12-16-32-52(46)65-51-31-15-11-25-45(51)56-43(28-18-34-54(56)65)42-27-17-33-53-55(42)44-24-10-14-30-50(44)64(53)40-21-7-4-8-22-40/h3-37H,1-2H3. The number of nitrogens with zero attached hydrogens (tertiary/aromatic N) is 5. The third-order valence-corrected chi connectivity index (χ3v) is 13.6. The molecule has 0 amide bonds. The van der Waals surface area contributed by atoms with Gasteiger partial charge in [-0.05, 0) is 88.0 Å². The molecule has 0 saturated heterocycles. The molecule has 0 spiro atoms. The first kappa shape index (κ1) is 37.2. The molecule has 5 heteroatoms. The molecule has 0 fully saturated rings. The summed E-state index contributed by atoms with van der Waals surface area (Å²) < 4.78 is 4.79. The van der Waals surface area contributed by atoms with E-state index in [1.807, 2.05) is 18.2 Å². The van der Waals surface area contributed by atoms with Gasteiger partial charge in [-0.15, -0.1) is 0 Å². The topological polar surface area (TPSA) is 48.5 Å². The first-order valence-corrected chi connectivity index (χ1v) is 22.3. The minimum Gasteiger partial charge on any atom is -0.309 e. The second kappa shape index (κ2) is 14.3. The summed E-state index contributed by atoms with van der Waals surface area (Å²) in [6.45, 7) is 4.62. The molecule has 13 rings (SSSR count). The van der Waals surface area contributed by atoms with Crippen molar-refractivity contribution in [3.05, 3.63) is 223 Å². The third kappa shape index (κ3) is 5.62. The lowest BCUT2D eigenvalue weighted by molar-refractivity contribution is 0.660. The van der Waals surface area contributed by atoms with Crippen molar-refractivity contribution >= 4 is 43.6 Å². The van der Waals surface area contributed by atoms with Gasteiger partial charge in [0.25, 0.3) is 0 Å². The SMILES string of the molecule is CC1(C)c2ccccc2-c2cc(-c3nc(-c4ccccc4)nc(-c4ccccc4-n4c5ccccc5c5c(-c6cccc7c6c6ccccc6n7-c6ccccc6)cccc54)n3)ccc21. The van der Waals surface area contributed by atoms with E-state index < -0.39 is 0 Å². The van der Waals surface area contributed by atoms with E-state index in [4.69, 9.17) is 15.0 Å². The van der Waals surface area contributed by atoms with Gasteiger partial charge in [0.05, 0.1) is 27.8 Å². The summed E-state index contributed by atoms with van der Waals surface area (Å²) in [4.78, 5) is 15.8. The highest BCUT2D eigenvalue weighted by Crippen LogP contribution is 2.50. The van der Waals surface area contributed by atoms with Crippen LogP contribution in [0.3, 0.4) is 0 Å². The summed E-state index contributed by atoms with van der Waals surface area (Å²) >= 11 is 0. The van der Waals surface area contributed by atoms with Gasteiger partial charge in [-0.25, -0.2) is 15.0 Å². The molecule has 5 nitrogen and oxygen atoms in total. The normalized spacial score (nSPS) is 12.9. The van der Waals surface area contributed by atoms with Crippen molar-refractivity contribution in [1.82, 2.24) is 24.1 Å². The molecular weight excluding hydrogens is 791 g/mol. The summed E-state index contributed by atoms with van der Waals surface area (Å²) in [7, 11) is 0. The predicted molar refractivity (Wildman–Crippen MR) is 268 cm³/mol. The molecule has 3 heterocycles. The minimum atomic E-state index is -0.0986. The van der Waals surface area contributed by atoms with E-state index in [2.05, 4.69) is 217 Å². The molecule has 0 saturated carbocycles. The zero-order chi connectivity index (χ0) is 43.2. The van der Waals surface area contributed by atoms with Crippen LogP contribution in [0.2, 0.25) is 0 Å². The summed E-state index contributed by atoms with van der Waals surface area (Å²) in [6.07, 6.45) is 0. The Morgan fingerprint density at radius 2 is 0.831 bits per heavy atom. The third-order valence-electron chi connectivity index (χ3n) is 13.6. The van der Waals surface area contributed by atoms with E-state index in [-0.39, 0.29) is 5.41 Å². The smallest absolute Gasteiger partial charge is 0.166 e. The number of aromatic nitrogens is 5. The molecule has 0 N–H and O–H groups in total. The van der Waals surface area contributed by atoms with Gasteiger partial charge < -0.3 is 9.13 Å². The molecule has 0 unspecified atom stereocenters. The Labute approximate surface area is 376 Å². The van der Waals surface area contributed by atoms with E-state index in [0.29, 0.717) is 17.5 Å². The van der Waals surface area contributed by atoms with E-state index in [9.17, 15) is 0 Å². The van der Waals surface area contributed by atoms with Crippen molar-refractivity contribution < 1.29 is 0 Å². The molecule has 1 aliphatic rings. The summed E-state index contributed by atoms with van der Waals surface area (Å²) in [5.41, 5.74) is 17.0. The number of hydrogen-bond acceptors (Lipinski definition) is 3. The van der Waals surface area contributed by atoms with Crippen molar-refractivity contribution in [2.75, 3.05) is 0 Å². The second-order valence-electron chi connectivity index (χ2n) is 17.6. The molecule has 3 aromatic heterocycles. The van der Waals surface area contributed by atoms with Crippen LogP contribution in [0.4, 0.5) is 0 Å². The van der Waals surface area contributed by atoms with Gasteiger partial charge in [-0.3, -0.25) is 0 Å². The number of fused-ring (bicyclic) bond motifs is 9. The molecule has 0 atom stereocenters. The molecule has 0 bridgehead atoms. The first-order valence-electron chi connectivity index (χ1n) is 22.3. The Hall–Kier alpha value is -8.41. The van der Waals surface area contributed by atoms with Crippen LogP contribution in [0.15, 0.2) is 212 Å². The average Bonchev–Trinajstić information content (AvgIpc) is 3.97. The van der Waals surface area contributed by atoms with Crippen molar-refractivity contribution in [2.45, 2.75) is 19.3 Å². The molecule has 12 aromatic rings. The fourth-order valence-corrected chi connectivity index (χ4v) is 10.7. The lowest BCUT2D eigenvalue weighted by Gasteiger charge is -2.21. The second-order valence-corrected chi connectivity index (χ2v) is 17.6. The zero-order valence-corrected chi connectivity index (χ0v) is 35.9. The van der Waals surface area contributed by atoms with Crippen LogP contribution in [-0.2, 0) is 5.41 Å². The van der Waals surface area contributed by atoms with Gasteiger partial charge in [-0.1, -0.05) is 172 Å². The van der Waals surface area contributed by atoms with Crippen LogP contribution in [0.25, 0.3) is 111 Å². The Morgan fingerprint density at radius 1 is 0.338 bits per heavy atom. The van der Waals surface area contributed by atoms with Crippen molar-refractivity contribution in [3.63, 3.8) is 0 Å². The number of benzene rings is 9. The van der Waals surface area contributed by atoms with E-state index in [0.717, 1.165) is 39.1 Å². The molecule has 0 radical (unpaired) electrons.